The molecule has 0 aliphatic heterocycles. The summed E-state index contributed by atoms with van der Waals surface area (Å²) in [7, 11) is 1.92. The summed E-state index contributed by atoms with van der Waals surface area (Å²) in [5.41, 5.74) is 3.25. The number of hydrogen-bond donors (Lipinski definition) is 1. The van der Waals surface area contributed by atoms with E-state index in [0.717, 1.165) is 17.1 Å². The van der Waals surface area contributed by atoms with Gasteiger partial charge in [0.1, 0.15) is 0 Å². The van der Waals surface area contributed by atoms with E-state index < -0.39 is 0 Å². The lowest BCUT2D eigenvalue weighted by molar-refractivity contribution is 0.879. The first-order valence-corrected chi connectivity index (χ1v) is 4.97. The van der Waals surface area contributed by atoms with Crippen molar-refractivity contribution in [1.82, 2.24) is 0 Å². The fraction of sp³-hybridized carbons (Fsp3) is 0.417. The molecule has 76 valence electrons. The first-order valence-electron chi connectivity index (χ1n) is 4.97. The second-order valence-corrected chi connectivity index (χ2v) is 3.68. The maximum Gasteiger partial charge on any atom is 0.0860 e. The van der Waals surface area contributed by atoms with E-state index in [0.29, 0.717) is 5.92 Å². The number of para-hydroxylation sites is 2. The van der Waals surface area contributed by atoms with Gasteiger partial charge in [0.25, 0.3) is 0 Å². The molecule has 0 saturated carbocycles. The summed E-state index contributed by atoms with van der Waals surface area (Å²) in [5, 5.41) is 3.13. The van der Waals surface area contributed by atoms with Crippen LogP contribution in [-0.4, -0.2) is 12.8 Å². The second-order valence-electron chi connectivity index (χ2n) is 3.68. The van der Waals surface area contributed by atoms with Crippen molar-refractivity contribution >= 4 is 17.1 Å². The Morgan fingerprint density at radius 3 is 2.50 bits per heavy atom. The molecule has 0 fully saturated rings. The number of aliphatic imine (C=N–C) groups is 1. The Balaban J connectivity index is 3.01. The lowest BCUT2D eigenvalue weighted by Crippen LogP contribution is -2.01. The van der Waals surface area contributed by atoms with Crippen LogP contribution in [0, 0.1) is 5.92 Å². The van der Waals surface area contributed by atoms with Crippen LogP contribution in [-0.2, 0) is 0 Å². The van der Waals surface area contributed by atoms with Crippen LogP contribution in [0.3, 0.4) is 0 Å². The van der Waals surface area contributed by atoms with Crippen LogP contribution >= 0.6 is 0 Å². The van der Waals surface area contributed by atoms with Crippen molar-refractivity contribution in [3.05, 3.63) is 24.3 Å². The van der Waals surface area contributed by atoms with Gasteiger partial charge in [-0.15, -0.1) is 0 Å². The summed E-state index contributed by atoms with van der Waals surface area (Å²) in [6, 6.07) is 8.08. The quantitative estimate of drug-likeness (QED) is 0.725. The van der Waals surface area contributed by atoms with Crippen molar-refractivity contribution in [3.63, 3.8) is 0 Å². The highest BCUT2D eigenvalue weighted by molar-refractivity contribution is 5.88. The molecule has 0 radical (unpaired) electrons. The molecule has 0 heterocycles. The number of benzene rings is 1. The van der Waals surface area contributed by atoms with Crippen LogP contribution in [0.25, 0.3) is 0 Å². The van der Waals surface area contributed by atoms with E-state index in [2.05, 4.69) is 31.1 Å². The Bertz CT molecular complexity index is 327. The molecule has 1 aromatic carbocycles. The van der Waals surface area contributed by atoms with Crippen LogP contribution in [0.4, 0.5) is 11.4 Å². The number of hydrogen-bond acceptors (Lipinski definition) is 2. The van der Waals surface area contributed by atoms with Crippen LogP contribution in [0.5, 0.6) is 0 Å². The van der Waals surface area contributed by atoms with E-state index >= 15 is 0 Å². The Kier molecular flexibility index (Phi) is 3.69. The molecular weight excluding hydrogens is 172 g/mol. The average molecular weight is 190 g/mol. The number of nitrogens with one attached hydrogen (secondary N) is 1. The number of anilines is 1. The van der Waals surface area contributed by atoms with E-state index in [1.807, 2.05) is 31.3 Å². The maximum atomic E-state index is 4.58. The van der Waals surface area contributed by atoms with Gasteiger partial charge in [-0.2, -0.15) is 0 Å². The van der Waals surface area contributed by atoms with Crippen molar-refractivity contribution in [2.24, 2.45) is 10.9 Å². The lowest BCUT2D eigenvalue weighted by atomic mass is 10.1. The monoisotopic (exact) mass is 190 g/mol. The predicted octanol–water partition coefficient (Wildman–Crippen LogP) is 3.48. The van der Waals surface area contributed by atoms with E-state index in [1.165, 1.54) is 0 Å². The molecule has 2 nitrogen and oxygen atoms in total. The molecule has 1 aromatic rings. The second kappa shape index (κ2) is 4.80. The van der Waals surface area contributed by atoms with E-state index in [9.17, 15) is 0 Å². The Hall–Kier alpha value is -1.31. The first kappa shape index (κ1) is 10.8. The van der Waals surface area contributed by atoms with Gasteiger partial charge in [0, 0.05) is 12.8 Å². The van der Waals surface area contributed by atoms with Gasteiger partial charge in [0.05, 0.1) is 11.4 Å². The largest absolute Gasteiger partial charge is 0.386 e. The highest BCUT2D eigenvalue weighted by atomic mass is 14.9. The molecule has 0 aromatic heterocycles. The molecule has 0 aliphatic rings. The summed E-state index contributed by atoms with van der Waals surface area (Å²) in [4.78, 5) is 4.58. The normalized spacial score (nSPS) is 11.9. The standard InChI is InChI=1S/C12H18N2/c1-9(2)10(3)14-12-8-6-5-7-11(12)13-4/h5-9,13H,1-4H3. The topological polar surface area (TPSA) is 24.4 Å². The molecule has 0 saturated heterocycles. The third-order valence-electron chi connectivity index (χ3n) is 2.31. The molecular formula is C12H18N2. The van der Waals surface area contributed by atoms with E-state index in [-0.39, 0.29) is 0 Å². The molecule has 1 N–H and O–H groups in total. The summed E-state index contributed by atoms with van der Waals surface area (Å²) in [5.74, 6) is 0.500. The van der Waals surface area contributed by atoms with Crippen molar-refractivity contribution in [2.45, 2.75) is 20.8 Å². The average Bonchev–Trinajstić information content (AvgIpc) is 2.18. The summed E-state index contributed by atoms with van der Waals surface area (Å²) in [6.45, 7) is 6.37. The molecule has 1 rings (SSSR count). The zero-order valence-electron chi connectivity index (χ0n) is 9.33. The lowest BCUT2D eigenvalue weighted by Gasteiger charge is -2.07. The minimum Gasteiger partial charge on any atom is -0.386 e. The molecule has 0 spiro atoms. The minimum absolute atomic E-state index is 0.500. The van der Waals surface area contributed by atoms with Crippen molar-refractivity contribution in [1.29, 1.82) is 0 Å². The predicted molar refractivity (Wildman–Crippen MR) is 63.6 cm³/mol. The Morgan fingerprint density at radius 1 is 1.29 bits per heavy atom. The van der Waals surface area contributed by atoms with Gasteiger partial charge in [-0.3, -0.25) is 4.99 Å². The molecule has 2 heteroatoms. The zero-order valence-corrected chi connectivity index (χ0v) is 9.33. The van der Waals surface area contributed by atoms with Gasteiger partial charge >= 0.3 is 0 Å². The molecule has 0 amide bonds. The summed E-state index contributed by atoms with van der Waals surface area (Å²) in [6.07, 6.45) is 0. The van der Waals surface area contributed by atoms with Crippen LogP contribution in [0.2, 0.25) is 0 Å². The van der Waals surface area contributed by atoms with Gasteiger partial charge in [0.2, 0.25) is 0 Å². The fourth-order valence-corrected chi connectivity index (χ4v) is 1.10. The van der Waals surface area contributed by atoms with E-state index in [1.54, 1.807) is 0 Å². The van der Waals surface area contributed by atoms with Crippen LogP contribution in [0.1, 0.15) is 20.8 Å². The van der Waals surface area contributed by atoms with Gasteiger partial charge in [-0.25, -0.2) is 0 Å². The van der Waals surface area contributed by atoms with Gasteiger partial charge < -0.3 is 5.32 Å². The zero-order chi connectivity index (χ0) is 10.6. The highest BCUT2D eigenvalue weighted by Gasteiger charge is 2.01. The Morgan fingerprint density at radius 2 is 1.93 bits per heavy atom. The number of rotatable bonds is 3. The fourth-order valence-electron chi connectivity index (χ4n) is 1.10. The third kappa shape index (κ3) is 2.59. The molecule has 0 atom stereocenters. The van der Waals surface area contributed by atoms with Crippen molar-refractivity contribution < 1.29 is 0 Å². The SMILES string of the molecule is CNc1ccccc1N=C(C)C(C)C. The van der Waals surface area contributed by atoms with Crippen LogP contribution < -0.4 is 5.32 Å². The maximum absolute atomic E-state index is 4.58. The van der Waals surface area contributed by atoms with Gasteiger partial charge in [-0.05, 0) is 25.0 Å². The van der Waals surface area contributed by atoms with Crippen LogP contribution in [0.15, 0.2) is 29.3 Å². The molecule has 0 aliphatic carbocycles. The van der Waals surface area contributed by atoms with E-state index in [4.69, 9.17) is 0 Å². The van der Waals surface area contributed by atoms with Crippen molar-refractivity contribution in [3.8, 4) is 0 Å². The van der Waals surface area contributed by atoms with Gasteiger partial charge in [0.15, 0.2) is 0 Å². The third-order valence-corrected chi connectivity index (χ3v) is 2.31. The van der Waals surface area contributed by atoms with Crippen molar-refractivity contribution in [2.75, 3.05) is 12.4 Å². The first-order chi connectivity index (χ1) is 6.65. The molecule has 0 unspecified atom stereocenters. The molecule has 0 bridgehead atoms. The Labute approximate surface area is 86.1 Å². The smallest absolute Gasteiger partial charge is 0.0860 e. The minimum atomic E-state index is 0.500. The number of nitrogens with zero attached hydrogens (tertiary/aromatic N) is 1. The van der Waals surface area contributed by atoms with Gasteiger partial charge in [-0.1, -0.05) is 26.0 Å². The summed E-state index contributed by atoms with van der Waals surface area (Å²) < 4.78 is 0. The summed E-state index contributed by atoms with van der Waals surface area (Å²) >= 11 is 0. The highest BCUT2D eigenvalue weighted by Crippen LogP contribution is 2.24. The molecule has 14 heavy (non-hydrogen) atoms.